The second-order valence-corrected chi connectivity index (χ2v) is 9.68. The van der Waals surface area contributed by atoms with Crippen molar-refractivity contribution in [3.63, 3.8) is 0 Å². The molecule has 2 aromatic carbocycles. The first kappa shape index (κ1) is 22.2. The highest BCUT2D eigenvalue weighted by atomic mass is 16.5. The summed E-state index contributed by atoms with van der Waals surface area (Å²) in [6.45, 7) is 7.54. The second kappa shape index (κ2) is 8.15. The van der Waals surface area contributed by atoms with Gasteiger partial charge in [0.2, 0.25) is 5.75 Å². The number of carbonyl (C=O) groups is 2. The van der Waals surface area contributed by atoms with E-state index in [2.05, 4.69) is 20.8 Å². The van der Waals surface area contributed by atoms with Gasteiger partial charge in [0.1, 0.15) is 5.60 Å². The maximum atomic E-state index is 13.1. The van der Waals surface area contributed by atoms with E-state index in [4.69, 9.17) is 14.2 Å². The van der Waals surface area contributed by atoms with Crippen LogP contribution < -0.4 is 14.2 Å². The van der Waals surface area contributed by atoms with E-state index in [-0.39, 0.29) is 17.1 Å². The number of ketones is 1. The van der Waals surface area contributed by atoms with Crippen LogP contribution in [0.1, 0.15) is 66.3 Å². The van der Waals surface area contributed by atoms with Gasteiger partial charge in [0, 0.05) is 31.5 Å². The molecule has 1 saturated heterocycles. The number of carbonyl (C=O) groups excluding carboxylic acids is 2. The third-order valence-electron chi connectivity index (χ3n) is 6.56. The molecule has 32 heavy (non-hydrogen) atoms. The summed E-state index contributed by atoms with van der Waals surface area (Å²) in [5, 5.41) is 0. The average Bonchev–Trinajstić information content (AvgIpc) is 2.77. The zero-order valence-electron chi connectivity index (χ0n) is 19.5. The standard InChI is InChI=1S/C26H31NO5/c1-25(2,3)18-8-6-17(7-9-18)24(29)27-14-12-26(13-15-27)16-20(28)19-10-11-21(30-4)23(31-5)22(19)32-26/h6-11H,12-16H2,1-5H3. The summed E-state index contributed by atoms with van der Waals surface area (Å²) in [7, 11) is 3.10. The molecule has 0 bridgehead atoms. The summed E-state index contributed by atoms with van der Waals surface area (Å²) in [6, 6.07) is 11.3. The first-order valence-corrected chi connectivity index (χ1v) is 11.0. The van der Waals surface area contributed by atoms with Gasteiger partial charge in [0.25, 0.3) is 5.91 Å². The van der Waals surface area contributed by atoms with Crippen LogP contribution in [0, 0.1) is 0 Å². The first-order chi connectivity index (χ1) is 15.2. The van der Waals surface area contributed by atoms with Crippen LogP contribution in [0.15, 0.2) is 36.4 Å². The third kappa shape index (κ3) is 3.94. The lowest BCUT2D eigenvalue weighted by atomic mass is 9.82. The molecule has 6 nitrogen and oxygen atoms in total. The number of piperidine rings is 1. The number of likely N-dealkylation sites (tertiary alicyclic amines) is 1. The summed E-state index contributed by atoms with van der Waals surface area (Å²) in [5.74, 6) is 1.46. The lowest BCUT2D eigenvalue weighted by Gasteiger charge is -2.44. The number of ether oxygens (including phenoxy) is 3. The Balaban J connectivity index is 1.50. The van der Waals surface area contributed by atoms with Gasteiger partial charge in [-0.3, -0.25) is 9.59 Å². The van der Waals surface area contributed by atoms with Gasteiger partial charge in [-0.25, -0.2) is 0 Å². The Morgan fingerprint density at radius 3 is 2.22 bits per heavy atom. The first-order valence-electron chi connectivity index (χ1n) is 11.0. The zero-order chi connectivity index (χ0) is 23.1. The molecule has 170 valence electrons. The number of hydrogen-bond acceptors (Lipinski definition) is 5. The number of benzene rings is 2. The molecule has 1 fully saturated rings. The molecule has 2 heterocycles. The van der Waals surface area contributed by atoms with E-state index in [1.165, 1.54) is 5.56 Å². The molecule has 2 aliphatic rings. The summed E-state index contributed by atoms with van der Waals surface area (Å²) in [5.41, 5.74) is 1.82. The van der Waals surface area contributed by atoms with Gasteiger partial charge in [-0.1, -0.05) is 32.9 Å². The fourth-order valence-corrected chi connectivity index (χ4v) is 4.55. The molecule has 0 saturated carbocycles. The van der Waals surface area contributed by atoms with Gasteiger partial charge in [0.05, 0.1) is 26.2 Å². The maximum absolute atomic E-state index is 13.1. The van der Waals surface area contributed by atoms with E-state index < -0.39 is 5.60 Å². The van der Waals surface area contributed by atoms with Gasteiger partial charge in [-0.15, -0.1) is 0 Å². The number of fused-ring (bicyclic) bond motifs is 1. The number of methoxy groups -OCH3 is 2. The summed E-state index contributed by atoms with van der Waals surface area (Å²) >= 11 is 0. The van der Waals surface area contributed by atoms with Crippen LogP contribution >= 0.6 is 0 Å². The van der Waals surface area contributed by atoms with Crippen molar-refractivity contribution in [3.05, 3.63) is 53.1 Å². The Kier molecular flexibility index (Phi) is 5.65. The van der Waals surface area contributed by atoms with Crippen molar-refractivity contribution in [1.29, 1.82) is 0 Å². The highest BCUT2D eigenvalue weighted by molar-refractivity contribution is 6.01. The monoisotopic (exact) mass is 437 g/mol. The maximum Gasteiger partial charge on any atom is 0.253 e. The predicted molar refractivity (Wildman–Crippen MR) is 122 cm³/mol. The number of hydrogen-bond donors (Lipinski definition) is 0. The Labute approximate surface area is 189 Å². The van der Waals surface area contributed by atoms with Gasteiger partial charge < -0.3 is 19.1 Å². The SMILES string of the molecule is COc1ccc2c(c1OC)OC1(CCN(C(=O)c3ccc(C(C)(C)C)cc3)CC1)CC2=O. The molecule has 0 radical (unpaired) electrons. The number of nitrogens with zero attached hydrogens (tertiary/aromatic N) is 1. The summed E-state index contributed by atoms with van der Waals surface area (Å²) < 4.78 is 17.3. The van der Waals surface area contributed by atoms with Gasteiger partial charge in [-0.05, 0) is 35.2 Å². The Morgan fingerprint density at radius 2 is 1.66 bits per heavy atom. The molecular weight excluding hydrogens is 406 g/mol. The fraction of sp³-hybridized carbons (Fsp3) is 0.462. The van der Waals surface area contributed by atoms with Crippen LogP contribution in [-0.2, 0) is 5.41 Å². The van der Waals surface area contributed by atoms with Crippen LogP contribution in [0.25, 0.3) is 0 Å². The highest BCUT2D eigenvalue weighted by Gasteiger charge is 2.45. The van der Waals surface area contributed by atoms with Crippen LogP contribution in [0.3, 0.4) is 0 Å². The quantitative estimate of drug-likeness (QED) is 0.700. The number of rotatable bonds is 3. The zero-order valence-corrected chi connectivity index (χ0v) is 19.5. The van der Waals surface area contributed by atoms with Crippen LogP contribution in [-0.4, -0.2) is 49.5 Å². The Morgan fingerprint density at radius 1 is 1.00 bits per heavy atom. The molecule has 4 rings (SSSR count). The van der Waals surface area contributed by atoms with Gasteiger partial charge in [0.15, 0.2) is 17.3 Å². The molecule has 0 aromatic heterocycles. The van der Waals surface area contributed by atoms with E-state index in [1.807, 2.05) is 29.2 Å². The summed E-state index contributed by atoms with van der Waals surface area (Å²) in [4.78, 5) is 27.8. The fourth-order valence-electron chi connectivity index (χ4n) is 4.55. The smallest absolute Gasteiger partial charge is 0.253 e. The van der Waals surface area contributed by atoms with Crippen molar-refractivity contribution in [2.75, 3.05) is 27.3 Å². The molecule has 0 unspecified atom stereocenters. The normalized spacial score (nSPS) is 17.5. The molecule has 0 atom stereocenters. The van der Waals surface area contributed by atoms with Crippen molar-refractivity contribution < 1.29 is 23.8 Å². The van der Waals surface area contributed by atoms with E-state index in [0.717, 1.165) is 0 Å². The average molecular weight is 438 g/mol. The van der Waals surface area contributed by atoms with Crippen molar-refractivity contribution in [1.82, 2.24) is 4.90 Å². The van der Waals surface area contributed by atoms with Crippen molar-refractivity contribution >= 4 is 11.7 Å². The van der Waals surface area contributed by atoms with Crippen LogP contribution in [0.4, 0.5) is 0 Å². The molecule has 1 amide bonds. The molecule has 2 aliphatic heterocycles. The lowest BCUT2D eigenvalue weighted by molar-refractivity contribution is -0.00746. The van der Waals surface area contributed by atoms with Crippen molar-refractivity contribution in [2.45, 2.75) is 51.0 Å². The molecule has 6 heteroatoms. The third-order valence-corrected chi connectivity index (χ3v) is 6.56. The molecule has 1 spiro atoms. The number of amides is 1. The van der Waals surface area contributed by atoms with Crippen LogP contribution in [0.2, 0.25) is 0 Å². The minimum atomic E-state index is -0.628. The second-order valence-electron chi connectivity index (χ2n) is 9.68. The predicted octanol–water partition coefficient (Wildman–Crippen LogP) is 4.64. The molecule has 0 N–H and O–H groups in total. The Hall–Kier alpha value is -3.02. The van der Waals surface area contributed by atoms with Crippen LogP contribution in [0.5, 0.6) is 17.2 Å². The van der Waals surface area contributed by atoms with E-state index in [1.54, 1.807) is 26.4 Å². The van der Waals surface area contributed by atoms with E-state index in [9.17, 15) is 9.59 Å². The topological polar surface area (TPSA) is 65.1 Å². The molecular formula is C26H31NO5. The Bertz CT molecular complexity index is 1030. The van der Waals surface area contributed by atoms with Crippen molar-refractivity contribution in [2.24, 2.45) is 0 Å². The minimum Gasteiger partial charge on any atom is -0.493 e. The number of Topliss-reactive ketones (excluding diaryl/α,β-unsaturated/α-hetero) is 1. The molecule has 0 aliphatic carbocycles. The molecule has 2 aromatic rings. The van der Waals surface area contributed by atoms with Crippen molar-refractivity contribution in [3.8, 4) is 17.2 Å². The largest absolute Gasteiger partial charge is 0.493 e. The summed E-state index contributed by atoms with van der Waals surface area (Å²) in [6.07, 6.45) is 1.48. The van der Waals surface area contributed by atoms with E-state index >= 15 is 0 Å². The minimum absolute atomic E-state index is 0.0158. The van der Waals surface area contributed by atoms with Gasteiger partial charge >= 0.3 is 0 Å². The van der Waals surface area contributed by atoms with Gasteiger partial charge in [-0.2, -0.15) is 0 Å². The lowest BCUT2D eigenvalue weighted by Crippen LogP contribution is -2.52. The highest BCUT2D eigenvalue weighted by Crippen LogP contribution is 2.47. The van der Waals surface area contributed by atoms with E-state index in [0.29, 0.717) is 60.7 Å².